The van der Waals surface area contributed by atoms with Crippen molar-refractivity contribution >= 4 is 44.9 Å². The summed E-state index contributed by atoms with van der Waals surface area (Å²) in [5.41, 5.74) is 11.7. The third kappa shape index (κ3) is 3.98. The molecule has 7 aromatic rings. The van der Waals surface area contributed by atoms with Crippen molar-refractivity contribution in [2.24, 2.45) is 0 Å². The first kappa shape index (κ1) is 26.6. The van der Waals surface area contributed by atoms with Crippen molar-refractivity contribution in [1.82, 2.24) is 0 Å². The SMILES string of the molecule is CC1(C)c2ccccc2-c2ccc(N(c3ccc4c(c3)Oc3ccccc3N4c3ccccc3)c3cccc4ccccc34)cc21. The van der Waals surface area contributed by atoms with Crippen LogP contribution in [0.5, 0.6) is 11.5 Å². The number of anilines is 6. The van der Waals surface area contributed by atoms with Crippen molar-refractivity contribution in [3.05, 3.63) is 169 Å². The summed E-state index contributed by atoms with van der Waals surface area (Å²) in [5.74, 6) is 1.66. The van der Waals surface area contributed by atoms with E-state index < -0.39 is 0 Å². The Labute approximate surface area is 269 Å². The van der Waals surface area contributed by atoms with Crippen molar-refractivity contribution in [3.63, 3.8) is 0 Å². The van der Waals surface area contributed by atoms with Crippen LogP contribution >= 0.6 is 0 Å². The second-order valence-corrected chi connectivity index (χ2v) is 12.6. The molecule has 0 bridgehead atoms. The first-order chi connectivity index (χ1) is 22.6. The number of hydrogen-bond acceptors (Lipinski definition) is 3. The van der Waals surface area contributed by atoms with Gasteiger partial charge in [0, 0.05) is 28.2 Å². The highest BCUT2D eigenvalue weighted by Crippen LogP contribution is 2.54. The molecule has 0 radical (unpaired) electrons. The smallest absolute Gasteiger partial charge is 0.153 e. The predicted molar refractivity (Wildman–Crippen MR) is 191 cm³/mol. The lowest BCUT2D eigenvalue weighted by atomic mass is 9.82. The minimum atomic E-state index is -0.106. The van der Waals surface area contributed by atoms with Crippen LogP contribution in [0.15, 0.2) is 158 Å². The Hall–Kier alpha value is -5.80. The first-order valence-electron chi connectivity index (χ1n) is 15.9. The molecule has 0 unspecified atom stereocenters. The highest BCUT2D eigenvalue weighted by atomic mass is 16.5. The maximum Gasteiger partial charge on any atom is 0.153 e. The van der Waals surface area contributed by atoms with E-state index in [1.807, 2.05) is 12.1 Å². The summed E-state index contributed by atoms with van der Waals surface area (Å²) in [4.78, 5) is 4.67. The maximum absolute atomic E-state index is 6.66. The molecule has 3 heteroatoms. The number of rotatable bonds is 4. The van der Waals surface area contributed by atoms with E-state index >= 15 is 0 Å². The molecule has 1 aliphatic carbocycles. The van der Waals surface area contributed by atoms with Gasteiger partial charge in [-0.05, 0) is 82.2 Å². The number of benzene rings is 7. The fourth-order valence-corrected chi connectivity index (χ4v) is 7.40. The van der Waals surface area contributed by atoms with Crippen molar-refractivity contribution in [2.45, 2.75) is 19.3 Å². The zero-order chi connectivity index (χ0) is 30.8. The number of nitrogens with zero attached hydrogens (tertiary/aromatic N) is 2. The van der Waals surface area contributed by atoms with Gasteiger partial charge >= 0.3 is 0 Å². The minimum absolute atomic E-state index is 0.106. The Morgan fingerprint density at radius 1 is 0.522 bits per heavy atom. The summed E-state index contributed by atoms with van der Waals surface area (Å²) < 4.78 is 6.66. The number of para-hydroxylation sites is 3. The van der Waals surface area contributed by atoms with Crippen LogP contribution in [0.3, 0.4) is 0 Å². The van der Waals surface area contributed by atoms with Crippen LogP contribution in [0, 0.1) is 0 Å². The lowest BCUT2D eigenvalue weighted by Crippen LogP contribution is -2.18. The topological polar surface area (TPSA) is 15.7 Å². The van der Waals surface area contributed by atoms with Gasteiger partial charge in [0.2, 0.25) is 0 Å². The molecule has 0 aromatic heterocycles. The van der Waals surface area contributed by atoms with Gasteiger partial charge < -0.3 is 14.5 Å². The van der Waals surface area contributed by atoms with E-state index in [0.717, 1.165) is 45.6 Å². The van der Waals surface area contributed by atoms with Crippen LogP contribution in [0.1, 0.15) is 25.0 Å². The first-order valence-corrected chi connectivity index (χ1v) is 15.9. The predicted octanol–water partition coefficient (Wildman–Crippen LogP) is 12.2. The summed E-state index contributed by atoms with van der Waals surface area (Å²) in [6.07, 6.45) is 0. The van der Waals surface area contributed by atoms with Crippen LogP contribution in [0.2, 0.25) is 0 Å². The van der Waals surface area contributed by atoms with Crippen molar-refractivity contribution in [3.8, 4) is 22.6 Å². The van der Waals surface area contributed by atoms with Crippen molar-refractivity contribution in [1.29, 1.82) is 0 Å². The lowest BCUT2D eigenvalue weighted by Gasteiger charge is -2.34. The molecule has 0 saturated heterocycles. The summed E-state index contributed by atoms with van der Waals surface area (Å²) in [6, 6.07) is 56.3. The van der Waals surface area contributed by atoms with E-state index in [-0.39, 0.29) is 5.41 Å². The van der Waals surface area contributed by atoms with Gasteiger partial charge in [-0.1, -0.05) is 111 Å². The largest absolute Gasteiger partial charge is 0.453 e. The Bertz CT molecular complexity index is 2280. The molecule has 9 rings (SSSR count). The molecule has 0 saturated carbocycles. The van der Waals surface area contributed by atoms with Crippen LogP contribution in [0.4, 0.5) is 34.1 Å². The molecular weight excluding hydrogens is 560 g/mol. The normalized spacial score (nSPS) is 13.7. The highest BCUT2D eigenvalue weighted by molar-refractivity contribution is 6.00. The van der Waals surface area contributed by atoms with Gasteiger partial charge in [-0.25, -0.2) is 0 Å². The third-order valence-corrected chi connectivity index (χ3v) is 9.62. The fraction of sp³-hybridized carbons (Fsp3) is 0.0698. The van der Waals surface area contributed by atoms with Crippen LogP contribution < -0.4 is 14.5 Å². The van der Waals surface area contributed by atoms with Gasteiger partial charge in [-0.2, -0.15) is 0 Å². The van der Waals surface area contributed by atoms with Crippen molar-refractivity contribution < 1.29 is 4.74 Å². The van der Waals surface area contributed by atoms with Gasteiger partial charge in [0.25, 0.3) is 0 Å². The van der Waals surface area contributed by atoms with E-state index in [9.17, 15) is 0 Å². The highest BCUT2D eigenvalue weighted by Gasteiger charge is 2.36. The molecule has 46 heavy (non-hydrogen) atoms. The van der Waals surface area contributed by atoms with Gasteiger partial charge in [0.15, 0.2) is 11.5 Å². The van der Waals surface area contributed by atoms with E-state index in [0.29, 0.717) is 0 Å². The number of hydrogen-bond donors (Lipinski definition) is 0. The Kier molecular flexibility index (Phi) is 5.85. The second-order valence-electron chi connectivity index (χ2n) is 12.6. The summed E-state index contributed by atoms with van der Waals surface area (Å²) in [7, 11) is 0. The van der Waals surface area contributed by atoms with Gasteiger partial charge in [-0.15, -0.1) is 0 Å². The average Bonchev–Trinajstić information content (AvgIpc) is 3.33. The van der Waals surface area contributed by atoms with E-state index in [2.05, 4.69) is 169 Å². The lowest BCUT2D eigenvalue weighted by molar-refractivity contribution is 0.477. The molecule has 1 aliphatic heterocycles. The summed E-state index contributed by atoms with van der Waals surface area (Å²) in [6.45, 7) is 4.68. The molecule has 3 nitrogen and oxygen atoms in total. The fourth-order valence-electron chi connectivity index (χ4n) is 7.40. The number of fused-ring (bicyclic) bond motifs is 6. The zero-order valence-corrected chi connectivity index (χ0v) is 25.8. The Morgan fingerprint density at radius 3 is 2.11 bits per heavy atom. The van der Waals surface area contributed by atoms with Gasteiger partial charge in [-0.3, -0.25) is 0 Å². The van der Waals surface area contributed by atoms with Crippen LogP contribution in [0.25, 0.3) is 21.9 Å². The van der Waals surface area contributed by atoms with E-state index in [1.165, 1.54) is 33.0 Å². The number of ether oxygens (including phenoxy) is 1. The minimum Gasteiger partial charge on any atom is -0.453 e. The quantitative estimate of drug-likeness (QED) is 0.202. The Morgan fingerprint density at radius 2 is 1.20 bits per heavy atom. The molecule has 0 amide bonds. The van der Waals surface area contributed by atoms with Crippen LogP contribution in [-0.2, 0) is 5.41 Å². The van der Waals surface area contributed by atoms with Gasteiger partial charge in [0.05, 0.1) is 22.7 Å². The van der Waals surface area contributed by atoms with E-state index in [4.69, 9.17) is 4.74 Å². The van der Waals surface area contributed by atoms with Crippen LogP contribution in [-0.4, -0.2) is 0 Å². The molecule has 0 N–H and O–H groups in total. The standard InChI is InChI=1S/C43H32N2O/c1-43(2)36-19-9-8-18-34(36)35-25-23-31(27-37(35)43)44(38-21-12-14-29-13-6-7-17-33(29)38)32-24-26-40-42(28-32)46-41-22-11-10-20-39(41)45(40)30-15-4-3-5-16-30/h3-28H,1-2H3. The molecule has 0 atom stereocenters. The summed E-state index contributed by atoms with van der Waals surface area (Å²) in [5, 5.41) is 2.40. The molecule has 2 aliphatic rings. The molecule has 220 valence electrons. The molecule has 0 spiro atoms. The Balaban J connectivity index is 1.25. The molecular formula is C43H32N2O. The third-order valence-electron chi connectivity index (χ3n) is 9.62. The molecule has 7 aromatic carbocycles. The van der Waals surface area contributed by atoms with Crippen molar-refractivity contribution in [2.75, 3.05) is 9.80 Å². The second kappa shape index (κ2) is 10.1. The average molecular weight is 593 g/mol. The van der Waals surface area contributed by atoms with E-state index in [1.54, 1.807) is 0 Å². The molecule has 0 fully saturated rings. The monoisotopic (exact) mass is 592 g/mol. The molecule has 1 heterocycles. The maximum atomic E-state index is 6.66. The summed E-state index contributed by atoms with van der Waals surface area (Å²) >= 11 is 0. The zero-order valence-electron chi connectivity index (χ0n) is 25.8. The van der Waals surface area contributed by atoms with Gasteiger partial charge in [0.1, 0.15) is 0 Å².